The van der Waals surface area contributed by atoms with Crippen LogP contribution in [0.4, 0.5) is 0 Å². The van der Waals surface area contributed by atoms with E-state index in [2.05, 4.69) is 24.5 Å². The van der Waals surface area contributed by atoms with Crippen LogP contribution in [0.3, 0.4) is 0 Å². The van der Waals surface area contributed by atoms with Crippen molar-refractivity contribution in [2.24, 2.45) is 11.7 Å². The Morgan fingerprint density at radius 3 is 2.60 bits per heavy atom. The number of hydrogen-bond donors (Lipinski definition) is 2. The van der Waals surface area contributed by atoms with E-state index in [-0.39, 0.29) is 5.92 Å². The maximum Gasteiger partial charge on any atom is 0.277 e. The van der Waals surface area contributed by atoms with Crippen LogP contribution in [0.25, 0.3) is 11.0 Å². The highest BCUT2D eigenvalue weighted by Crippen LogP contribution is 2.45. The van der Waals surface area contributed by atoms with Gasteiger partial charge in [-0.05, 0) is 49.1 Å². The second-order valence-corrected chi connectivity index (χ2v) is 10.2. The van der Waals surface area contributed by atoms with Gasteiger partial charge in [0.2, 0.25) is 5.91 Å². The molecule has 0 bridgehead atoms. The Balaban J connectivity index is 1.35. The number of ether oxygens (including phenoxy) is 1. The quantitative estimate of drug-likeness (QED) is 0.415. The number of amides is 2. The first-order valence-electron chi connectivity index (χ1n) is 12.3. The van der Waals surface area contributed by atoms with Gasteiger partial charge in [-0.15, -0.1) is 0 Å². The van der Waals surface area contributed by atoms with Crippen LogP contribution in [0, 0.1) is 5.92 Å². The number of benzene rings is 2. The molecular weight excluding hydrogens is 444 g/mol. The summed E-state index contributed by atoms with van der Waals surface area (Å²) in [5, 5.41) is 11.5. The third-order valence-electron chi connectivity index (χ3n) is 7.45. The van der Waals surface area contributed by atoms with Crippen molar-refractivity contribution < 1.29 is 19.5 Å². The number of rotatable bonds is 6. The lowest BCUT2D eigenvalue weighted by Crippen LogP contribution is -2.44. The zero-order chi connectivity index (χ0) is 24.7. The Kier molecular flexibility index (Phi) is 6.11. The number of para-hydroxylation sites is 2. The third-order valence-corrected chi connectivity index (χ3v) is 7.45. The molecule has 1 aliphatic heterocycles. The number of hydroxylamine groups is 2. The Morgan fingerprint density at radius 2 is 1.94 bits per heavy atom. The van der Waals surface area contributed by atoms with Crippen molar-refractivity contribution in [3.63, 3.8) is 0 Å². The van der Waals surface area contributed by atoms with Crippen LogP contribution in [-0.2, 0) is 16.1 Å². The fourth-order valence-corrected chi connectivity index (χ4v) is 5.69. The van der Waals surface area contributed by atoms with Gasteiger partial charge in [0.05, 0.1) is 28.6 Å². The maximum absolute atomic E-state index is 13.1. The highest BCUT2D eigenvalue weighted by atomic mass is 16.5. The van der Waals surface area contributed by atoms with E-state index < -0.39 is 29.4 Å². The lowest BCUT2D eigenvalue weighted by atomic mass is 9.97. The predicted molar refractivity (Wildman–Crippen MR) is 131 cm³/mol. The molecule has 1 spiro atoms. The molecule has 8 heteroatoms. The summed E-state index contributed by atoms with van der Waals surface area (Å²) in [6, 6.07) is 14.6. The second-order valence-electron chi connectivity index (χ2n) is 10.2. The van der Waals surface area contributed by atoms with Crippen LogP contribution in [0.1, 0.15) is 67.2 Å². The van der Waals surface area contributed by atoms with Crippen LogP contribution >= 0.6 is 0 Å². The fourth-order valence-electron chi connectivity index (χ4n) is 5.69. The van der Waals surface area contributed by atoms with Crippen LogP contribution in [0.5, 0.6) is 0 Å². The number of nitrogens with zero attached hydrogens (tertiary/aromatic N) is 3. The lowest BCUT2D eigenvalue weighted by molar-refractivity contribution is -0.132. The molecule has 3 N–H and O–H groups in total. The van der Waals surface area contributed by atoms with Gasteiger partial charge in [0.15, 0.2) is 0 Å². The summed E-state index contributed by atoms with van der Waals surface area (Å²) in [6.45, 7) is 5.50. The monoisotopic (exact) mass is 476 g/mol. The van der Waals surface area contributed by atoms with Crippen LogP contribution in [0.15, 0.2) is 48.5 Å². The first kappa shape index (κ1) is 23.5. The third kappa shape index (κ3) is 4.32. The van der Waals surface area contributed by atoms with Crippen molar-refractivity contribution in [2.45, 2.75) is 63.6 Å². The number of fused-ring (bicyclic) bond motifs is 1. The number of aromatic nitrogens is 2. The number of imidazole rings is 1. The standard InChI is InChI=1S/C27H32N4O4/c1-17(2)25-29-21-6-3-4-7-22(21)30(25)16-18-8-10-19(11-9-18)26(33)31(34)23-15-27(12-5-13-35-27)14-20(23)24(28)32/h3-4,6-11,17,20,23,34H,5,12-16H2,1-2H3,(H2,28,32). The summed E-state index contributed by atoms with van der Waals surface area (Å²) >= 11 is 0. The molecule has 3 atom stereocenters. The van der Waals surface area contributed by atoms with Crippen LogP contribution in [-0.4, -0.2) is 49.9 Å². The molecule has 2 aliphatic rings. The molecule has 35 heavy (non-hydrogen) atoms. The average molecular weight is 477 g/mol. The predicted octanol–water partition coefficient (Wildman–Crippen LogP) is 3.85. The minimum Gasteiger partial charge on any atom is -0.375 e. The summed E-state index contributed by atoms with van der Waals surface area (Å²) in [4.78, 5) is 30.0. The summed E-state index contributed by atoms with van der Waals surface area (Å²) in [5.74, 6) is -0.417. The summed E-state index contributed by atoms with van der Waals surface area (Å²) in [7, 11) is 0. The smallest absolute Gasteiger partial charge is 0.277 e. The van der Waals surface area contributed by atoms with Gasteiger partial charge in [-0.1, -0.05) is 38.1 Å². The highest BCUT2D eigenvalue weighted by Gasteiger charge is 2.52. The molecule has 8 nitrogen and oxygen atoms in total. The van der Waals surface area contributed by atoms with Gasteiger partial charge in [-0.25, -0.2) is 10.0 Å². The van der Waals surface area contributed by atoms with Crippen molar-refractivity contribution in [1.29, 1.82) is 0 Å². The molecule has 3 aromatic rings. The normalized spacial score (nSPS) is 24.0. The average Bonchev–Trinajstić information content (AvgIpc) is 3.57. The maximum atomic E-state index is 13.1. The van der Waals surface area contributed by atoms with E-state index in [1.54, 1.807) is 12.1 Å². The molecule has 2 heterocycles. The molecular formula is C27H32N4O4. The van der Waals surface area contributed by atoms with E-state index in [0.29, 0.717) is 36.6 Å². The van der Waals surface area contributed by atoms with Gasteiger partial charge in [0.1, 0.15) is 5.82 Å². The molecule has 1 saturated heterocycles. The number of carbonyl (C=O) groups is 2. The SMILES string of the molecule is CC(C)c1nc2ccccc2n1Cc1ccc(C(=O)N(O)C2CC3(CCCO3)CC2C(N)=O)cc1. The molecule has 1 aliphatic carbocycles. The largest absolute Gasteiger partial charge is 0.375 e. The van der Waals surface area contributed by atoms with Crippen molar-refractivity contribution >= 4 is 22.8 Å². The number of nitrogens with two attached hydrogens (primary N) is 1. The molecule has 1 saturated carbocycles. The van der Waals surface area contributed by atoms with E-state index >= 15 is 0 Å². The summed E-state index contributed by atoms with van der Waals surface area (Å²) < 4.78 is 8.11. The molecule has 5 rings (SSSR count). The highest BCUT2D eigenvalue weighted by molar-refractivity contribution is 5.94. The van der Waals surface area contributed by atoms with E-state index in [9.17, 15) is 14.8 Å². The van der Waals surface area contributed by atoms with Crippen LogP contribution < -0.4 is 5.73 Å². The van der Waals surface area contributed by atoms with Gasteiger partial charge in [0, 0.05) is 31.1 Å². The van der Waals surface area contributed by atoms with E-state index in [0.717, 1.165) is 35.3 Å². The molecule has 184 valence electrons. The van der Waals surface area contributed by atoms with Crippen molar-refractivity contribution in [3.8, 4) is 0 Å². The Labute approximate surface area is 204 Å². The minimum atomic E-state index is -0.691. The summed E-state index contributed by atoms with van der Waals surface area (Å²) in [6.07, 6.45) is 2.56. The van der Waals surface area contributed by atoms with Crippen LogP contribution in [0.2, 0.25) is 0 Å². The van der Waals surface area contributed by atoms with Gasteiger partial charge in [-0.2, -0.15) is 0 Å². The molecule has 2 fully saturated rings. The Hall–Kier alpha value is -3.23. The first-order valence-corrected chi connectivity index (χ1v) is 12.3. The molecule has 2 amide bonds. The van der Waals surface area contributed by atoms with E-state index in [1.165, 1.54) is 0 Å². The zero-order valence-electron chi connectivity index (χ0n) is 20.2. The van der Waals surface area contributed by atoms with Crippen molar-refractivity contribution in [3.05, 3.63) is 65.5 Å². The minimum absolute atomic E-state index is 0.267. The van der Waals surface area contributed by atoms with Crippen molar-refractivity contribution in [1.82, 2.24) is 14.6 Å². The van der Waals surface area contributed by atoms with Crippen molar-refractivity contribution in [2.75, 3.05) is 6.61 Å². The Morgan fingerprint density at radius 1 is 1.20 bits per heavy atom. The molecule has 1 aromatic heterocycles. The molecule has 2 aromatic carbocycles. The Bertz CT molecular complexity index is 1240. The first-order chi connectivity index (χ1) is 16.8. The molecule has 0 radical (unpaired) electrons. The number of hydrogen-bond acceptors (Lipinski definition) is 5. The zero-order valence-corrected chi connectivity index (χ0v) is 20.2. The number of carbonyl (C=O) groups excluding carboxylic acids is 2. The van der Waals surface area contributed by atoms with Gasteiger partial charge < -0.3 is 15.0 Å². The molecule has 3 unspecified atom stereocenters. The fraction of sp³-hybridized carbons (Fsp3) is 0.444. The van der Waals surface area contributed by atoms with E-state index in [4.69, 9.17) is 15.5 Å². The summed E-state index contributed by atoms with van der Waals surface area (Å²) in [5.41, 5.74) is 8.55. The van der Waals surface area contributed by atoms with Gasteiger partial charge in [0.25, 0.3) is 5.91 Å². The lowest BCUT2D eigenvalue weighted by Gasteiger charge is -2.27. The second kappa shape index (κ2) is 9.09. The van der Waals surface area contributed by atoms with Gasteiger partial charge >= 0.3 is 0 Å². The topological polar surface area (TPSA) is 111 Å². The number of primary amides is 1. The van der Waals surface area contributed by atoms with E-state index in [1.807, 2.05) is 30.3 Å². The van der Waals surface area contributed by atoms with Gasteiger partial charge in [-0.3, -0.25) is 14.8 Å².